The van der Waals surface area contributed by atoms with E-state index in [1.807, 2.05) is 30.3 Å². The number of para-hydroxylation sites is 1. The molecule has 0 aromatic heterocycles. The molecule has 36 heavy (non-hydrogen) atoms. The van der Waals surface area contributed by atoms with Gasteiger partial charge in [0.2, 0.25) is 0 Å². The van der Waals surface area contributed by atoms with Gasteiger partial charge in [-0.15, -0.1) is 0 Å². The van der Waals surface area contributed by atoms with Crippen LogP contribution < -0.4 is 9.64 Å². The lowest BCUT2D eigenvalue weighted by Crippen LogP contribution is -2.47. The Bertz CT molecular complexity index is 1120. The average Bonchev–Trinajstić information content (AvgIpc) is 3.17. The van der Waals surface area contributed by atoms with Crippen molar-refractivity contribution in [3.05, 3.63) is 59.7 Å². The quantitative estimate of drug-likeness (QED) is 0.481. The van der Waals surface area contributed by atoms with Gasteiger partial charge in [-0.1, -0.05) is 31.2 Å². The van der Waals surface area contributed by atoms with Crippen molar-refractivity contribution in [2.75, 3.05) is 25.7 Å². The fraction of sp³-hybridized carbons (Fsp3) is 0.533. The van der Waals surface area contributed by atoms with E-state index < -0.39 is 0 Å². The van der Waals surface area contributed by atoms with Gasteiger partial charge >= 0.3 is 12.1 Å². The lowest BCUT2D eigenvalue weighted by atomic mass is 9.55. The number of amides is 1. The second-order valence-corrected chi connectivity index (χ2v) is 11.0. The Kier molecular flexibility index (Phi) is 6.71. The maximum Gasteiger partial charge on any atom is 0.414 e. The molecular formula is C30H37NO5. The van der Waals surface area contributed by atoms with Gasteiger partial charge in [-0.2, -0.15) is 0 Å². The first-order valence-corrected chi connectivity index (χ1v) is 13.1. The van der Waals surface area contributed by atoms with Crippen LogP contribution in [0.4, 0.5) is 10.5 Å². The van der Waals surface area contributed by atoms with E-state index in [2.05, 4.69) is 25.1 Å². The van der Waals surface area contributed by atoms with Gasteiger partial charge in [-0.3, -0.25) is 9.69 Å². The van der Waals surface area contributed by atoms with Crippen molar-refractivity contribution < 1.29 is 23.8 Å². The number of hydrogen-bond acceptors (Lipinski definition) is 5. The molecule has 6 atom stereocenters. The summed E-state index contributed by atoms with van der Waals surface area (Å²) in [7, 11) is 3.14. The van der Waals surface area contributed by atoms with Crippen molar-refractivity contribution in [3.8, 4) is 5.75 Å². The van der Waals surface area contributed by atoms with Crippen LogP contribution in [0.2, 0.25) is 0 Å². The van der Waals surface area contributed by atoms with Crippen LogP contribution in [-0.4, -0.2) is 38.9 Å². The van der Waals surface area contributed by atoms with Gasteiger partial charge in [0.05, 0.1) is 14.2 Å². The van der Waals surface area contributed by atoms with Crippen LogP contribution in [0.15, 0.2) is 48.5 Å². The third-order valence-electron chi connectivity index (χ3n) is 9.18. The number of carbonyl (C=O) groups excluding carboxylic acids is 2. The van der Waals surface area contributed by atoms with Crippen LogP contribution in [0, 0.1) is 23.2 Å². The average molecular weight is 492 g/mol. The molecule has 0 heterocycles. The van der Waals surface area contributed by atoms with E-state index in [0.29, 0.717) is 24.3 Å². The van der Waals surface area contributed by atoms with E-state index in [1.165, 1.54) is 25.2 Å². The standard InChI is InChI=1S/C30H37NO5/c1-19(32)36-28-21(18-31(29(33)35-4)22-8-6-5-7-9-22)17-27-26-12-10-20-16-23(34-3)11-13-24(20)25(26)14-15-30(27,28)2/h5-9,11,13,16,21,25-28H,10,12,14-15,17-18H2,1-4H3/t21-,25+,26+,27-,28-,30-/m0/s1. The number of rotatable bonds is 5. The number of esters is 1. The molecule has 0 bridgehead atoms. The maximum atomic E-state index is 12.8. The van der Waals surface area contributed by atoms with Crippen molar-refractivity contribution in [1.82, 2.24) is 0 Å². The number of carbonyl (C=O) groups is 2. The summed E-state index contributed by atoms with van der Waals surface area (Å²) in [5.74, 6) is 2.19. The molecule has 2 fully saturated rings. The highest BCUT2D eigenvalue weighted by atomic mass is 16.5. The van der Waals surface area contributed by atoms with Crippen LogP contribution in [-0.2, 0) is 20.7 Å². The highest BCUT2D eigenvalue weighted by molar-refractivity contribution is 5.87. The third kappa shape index (κ3) is 4.25. The van der Waals surface area contributed by atoms with Crippen LogP contribution in [0.5, 0.6) is 5.75 Å². The minimum absolute atomic E-state index is 0.0409. The summed E-state index contributed by atoms with van der Waals surface area (Å²) in [4.78, 5) is 26.8. The predicted molar refractivity (Wildman–Crippen MR) is 138 cm³/mol. The number of anilines is 1. The molecule has 0 unspecified atom stereocenters. The smallest absolute Gasteiger partial charge is 0.414 e. The highest BCUT2D eigenvalue weighted by Gasteiger charge is 2.60. The Morgan fingerprint density at radius 1 is 1.08 bits per heavy atom. The molecule has 6 heteroatoms. The molecular weight excluding hydrogens is 454 g/mol. The monoisotopic (exact) mass is 491 g/mol. The summed E-state index contributed by atoms with van der Waals surface area (Å²) in [5, 5.41) is 0. The van der Waals surface area contributed by atoms with Gasteiger partial charge in [-0.05, 0) is 85.3 Å². The predicted octanol–water partition coefficient (Wildman–Crippen LogP) is 5.98. The Balaban J connectivity index is 1.46. The van der Waals surface area contributed by atoms with E-state index >= 15 is 0 Å². The molecule has 2 aromatic rings. The SMILES string of the molecule is COC(=O)N(C[C@@H]1C[C@H]2[C@@H]3CCc4cc(OC)ccc4[C@H]3CC[C@]2(C)[C@H]1OC(C)=O)c1ccccc1. The van der Waals surface area contributed by atoms with Crippen LogP contribution in [0.1, 0.15) is 56.6 Å². The van der Waals surface area contributed by atoms with Crippen molar-refractivity contribution in [3.63, 3.8) is 0 Å². The Labute approximate surface area is 213 Å². The molecule has 0 radical (unpaired) electrons. The molecule has 5 rings (SSSR count). The number of nitrogens with zero attached hydrogens (tertiary/aromatic N) is 1. The van der Waals surface area contributed by atoms with Crippen molar-refractivity contribution >= 4 is 17.7 Å². The molecule has 2 aromatic carbocycles. The number of benzene rings is 2. The Morgan fingerprint density at radius 2 is 1.86 bits per heavy atom. The van der Waals surface area contributed by atoms with Crippen LogP contribution >= 0.6 is 0 Å². The molecule has 0 N–H and O–H groups in total. The fourth-order valence-electron chi connectivity index (χ4n) is 7.64. The zero-order chi connectivity index (χ0) is 25.4. The summed E-state index contributed by atoms with van der Waals surface area (Å²) in [5.41, 5.74) is 3.55. The van der Waals surface area contributed by atoms with E-state index in [4.69, 9.17) is 14.2 Å². The van der Waals surface area contributed by atoms with Crippen molar-refractivity contribution in [2.45, 2.75) is 58.0 Å². The first-order valence-electron chi connectivity index (χ1n) is 13.1. The van der Waals surface area contributed by atoms with E-state index in [1.54, 1.807) is 12.0 Å². The summed E-state index contributed by atoms with van der Waals surface area (Å²) in [6, 6.07) is 16.2. The molecule has 0 spiro atoms. The second-order valence-electron chi connectivity index (χ2n) is 11.0. The molecule has 2 saturated carbocycles. The lowest BCUT2D eigenvalue weighted by molar-refractivity contribution is -0.157. The van der Waals surface area contributed by atoms with Gasteiger partial charge in [-0.25, -0.2) is 4.79 Å². The molecule has 6 nitrogen and oxygen atoms in total. The van der Waals surface area contributed by atoms with Gasteiger partial charge in [0, 0.05) is 30.5 Å². The molecule has 0 saturated heterocycles. The zero-order valence-corrected chi connectivity index (χ0v) is 21.7. The van der Waals surface area contributed by atoms with Crippen LogP contribution in [0.25, 0.3) is 0 Å². The van der Waals surface area contributed by atoms with Crippen molar-refractivity contribution in [1.29, 1.82) is 0 Å². The van der Waals surface area contributed by atoms with Crippen molar-refractivity contribution in [2.24, 2.45) is 23.2 Å². The number of aryl methyl sites for hydroxylation is 1. The minimum atomic E-state index is -0.388. The number of hydrogen-bond donors (Lipinski definition) is 0. The molecule has 3 aliphatic rings. The normalized spacial score (nSPS) is 30.4. The first kappa shape index (κ1) is 24.7. The largest absolute Gasteiger partial charge is 0.497 e. The summed E-state index contributed by atoms with van der Waals surface area (Å²) < 4.78 is 16.7. The maximum absolute atomic E-state index is 12.8. The zero-order valence-electron chi connectivity index (χ0n) is 21.7. The third-order valence-corrected chi connectivity index (χ3v) is 9.18. The minimum Gasteiger partial charge on any atom is -0.497 e. The van der Waals surface area contributed by atoms with Gasteiger partial charge in [0.1, 0.15) is 11.9 Å². The topological polar surface area (TPSA) is 65.1 Å². The number of methoxy groups -OCH3 is 2. The number of fused-ring (bicyclic) bond motifs is 5. The first-order chi connectivity index (χ1) is 17.4. The molecule has 3 aliphatic carbocycles. The summed E-state index contributed by atoms with van der Waals surface area (Å²) in [6.45, 7) is 4.28. The molecule has 1 amide bonds. The highest BCUT2D eigenvalue weighted by Crippen LogP contribution is 2.63. The molecule has 0 aliphatic heterocycles. The second kappa shape index (κ2) is 9.79. The Hall–Kier alpha value is -3.02. The summed E-state index contributed by atoms with van der Waals surface area (Å²) >= 11 is 0. The summed E-state index contributed by atoms with van der Waals surface area (Å²) in [6.07, 6.45) is 4.58. The van der Waals surface area contributed by atoms with Crippen LogP contribution in [0.3, 0.4) is 0 Å². The van der Waals surface area contributed by atoms with E-state index in [9.17, 15) is 9.59 Å². The van der Waals surface area contributed by atoms with E-state index in [0.717, 1.165) is 43.5 Å². The molecule has 192 valence electrons. The number of ether oxygens (including phenoxy) is 3. The van der Waals surface area contributed by atoms with Gasteiger partial charge in [0.25, 0.3) is 0 Å². The fourth-order valence-corrected chi connectivity index (χ4v) is 7.64. The van der Waals surface area contributed by atoms with Gasteiger partial charge < -0.3 is 14.2 Å². The lowest BCUT2D eigenvalue weighted by Gasteiger charge is -2.50. The van der Waals surface area contributed by atoms with E-state index in [-0.39, 0.29) is 29.5 Å². The Morgan fingerprint density at radius 3 is 2.56 bits per heavy atom. The van der Waals surface area contributed by atoms with Gasteiger partial charge in [0.15, 0.2) is 0 Å².